The molecule has 1 unspecified atom stereocenters. The normalized spacial score (nSPS) is 12.5. The molecule has 0 aliphatic rings. The fourth-order valence-corrected chi connectivity index (χ4v) is 1.86. The van der Waals surface area contributed by atoms with Crippen LogP contribution in [0.2, 0.25) is 0 Å². The van der Waals surface area contributed by atoms with Crippen molar-refractivity contribution in [2.75, 3.05) is 5.75 Å². The van der Waals surface area contributed by atoms with Crippen LogP contribution in [-0.2, 0) is 4.79 Å². The summed E-state index contributed by atoms with van der Waals surface area (Å²) in [5, 5.41) is 2.99. The molecule has 3 heteroatoms. The first kappa shape index (κ1) is 13.1. The fraction of sp³-hybridized carbons (Fsp3) is 0.462. The van der Waals surface area contributed by atoms with Crippen molar-refractivity contribution >= 4 is 17.7 Å². The number of carbonyl (C=O) groups is 1. The van der Waals surface area contributed by atoms with E-state index >= 15 is 0 Å². The van der Waals surface area contributed by atoms with Gasteiger partial charge in [-0.05, 0) is 25.0 Å². The second kappa shape index (κ2) is 6.59. The van der Waals surface area contributed by atoms with E-state index in [9.17, 15) is 4.79 Å². The van der Waals surface area contributed by atoms with Gasteiger partial charge in [0.05, 0.1) is 5.75 Å². The zero-order valence-electron chi connectivity index (χ0n) is 10.1. The minimum Gasteiger partial charge on any atom is -0.353 e. The standard InChI is InChI=1S/C13H19NOS/c1-10(2)11(3)14-13(15)9-16-12-7-5-4-6-8-12/h4-8,10-11H,9H2,1-3H3,(H,14,15). The van der Waals surface area contributed by atoms with E-state index in [1.165, 1.54) is 0 Å². The number of benzene rings is 1. The Labute approximate surface area is 102 Å². The molecule has 1 atom stereocenters. The average molecular weight is 237 g/mol. The molecule has 0 saturated heterocycles. The molecule has 0 saturated carbocycles. The third-order valence-electron chi connectivity index (χ3n) is 2.50. The molecule has 0 bridgehead atoms. The van der Waals surface area contributed by atoms with Crippen molar-refractivity contribution < 1.29 is 4.79 Å². The zero-order valence-corrected chi connectivity index (χ0v) is 10.9. The van der Waals surface area contributed by atoms with Gasteiger partial charge in [0.2, 0.25) is 5.91 Å². The molecule has 2 nitrogen and oxygen atoms in total. The maximum Gasteiger partial charge on any atom is 0.230 e. The van der Waals surface area contributed by atoms with Gasteiger partial charge in [-0.15, -0.1) is 11.8 Å². The third-order valence-corrected chi connectivity index (χ3v) is 3.51. The molecule has 16 heavy (non-hydrogen) atoms. The van der Waals surface area contributed by atoms with Crippen molar-refractivity contribution in [3.8, 4) is 0 Å². The molecule has 1 rings (SSSR count). The number of rotatable bonds is 5. The summed E-state index contributed by atoms with van der Waals surface area (Å²) in [6.07, 6.45) is 0. The van der Waals surface area contributed by atoms with Crippen molar-refractivity contribution in [2.24, 2.45) is 5.92 Å². The van der Waals surface area contributed by atoms with Crippen molar-refractivity contribution in [3.63, 3.8) is 0 Å². The van der Waals surface area contributed by atoms with Gasteiger partial charge < -0.3 is 5.32 Å². The lowest BCUT2D eigenvalue weighted by atomic mass is 10.1. The summed E-state index contributed by atoms with van der Waals surface area (Å²) >= 11 is 1.57. The summed E-state index contributed by atoms with van der Waals surface area (Å²) in [6, 6.07) is 10.2. The number of hydrogen-bond donors (Lipinski definition) is 1. The largest absolute Gasteiger partial charge is 0.353 e. The summed E-state index contributed by atoms with van der Waals surface area (Å²) < 4.78 is 0. The predicted molar refractivity (Wildman–Crippen MR) is 69.6 cm³/mol. The van der Waals surface area contributed by atoms with Gasteiger partial charge in [0.1, 0.15) is 0 Å². The molecule has 1 aromatic carbocycles. The van der Waals surface area contributed by atoms with Crippen LogP contribution < -0.4 is 5.32 Å². The van der Waals surface area contributed by atoms with E-state index in [0.717, 1.165) is 4.90 Å². The maximum absolute atomic E-state index is 11.6. The summed E-state index contributed by atoms with van der Waals surface area (Å²) in [7, 11) is 0. The summed E-state index contributed by atoms with van der Waals surface area (Å²) in [4.78, 5) is 12.7. The van der Waals surface area contributed by atoms with Crippen LogP contribution in [0, 0.1) is 5.92 Å². The first-order valence-electron chi connectivity index (χ1n) is 5.57. The van der Waals surface area contributed by atoms with Crippen LogP contribution in [0.25, 0.3) is 0 Å². The zero-order chi connectivity index (χ0) is 12.0. The summed E-state index contributed by atoms with van der Waals surface area (Å²) in [5.74, 6) is 1.07. The molecular weight excluding hydrogens is 218 g/mol. The molecule has 0 aliphatic carbocycles. The molecule has 88 valence electrons. The topological polar surface area (TPSA) is 29.1 Å². The molecule has 0 heterocycles. The van der Waals surface area contributed by atoms with E-state index < -0.39 is 0 Å². The Morgan fingerprint density at radius 1 is 1.25 bits per heavy atom. The first-order valence-corrected chi connectivity index (χ1v) is 6.55. The van der Waals surface area contributed by atoms with Crippen molar-refractivity contribution in [2.45, 2.75) is 31.7 Å². The molecule has 1 amide bonds. The number of nitrogens with one attached hydrogen (secondary N) is 1. The molecule has 1 N–H and O–H groups in total. The van der Waals surface area contributed by atoms with Gasteiger partial charge in [-0.3, -0.25) is 4.79 Å². The van der Waals surface area contributed by atoms with Gasteiger partial charge in [0.25, 0.3) is 0 Å². The van der Waals surface area contributed by atoms with E-state index in [2.05, 4.69) is 19.2 Å². The second-order valence-corrected chi connectivity index (χ2v) is 5.25. The number of carbonyl (C=O) groups excluding carboxylic acids is 1. The van der Waals surface area contributed by atoms with Crippen LogP contribution in [0.1, 0.15) is 20.8 Å². The smallest absolute Gasteiger partial charge is 0.230 e. The van der Waals surface area contributed by atoms with Gasteiger partial charge in [0.15, 0.2) is 0 Å². The van der Waals surface area contributed by atoms with Crippen LogP contribution in [-0.4, -0.2) is 17.7 Å². The van der Waals surface area contributed by atoms with E-state index in [1.807, 2.05) is 37.3 Å². The number of hydrogen-bond acceptors (Lipinski definition) is 2. The highest BCUT2D eigenvalue weighted by molar-refractivity contribution is 8.00. The van der Waals surface area contributed by atoms with Crippen LogP contribution in [0.4, 0.5) is 0 Å². The molecular formula is C13H19NOS. The molecule has 0 radical (unpaired) electrons. The molecule has 0 aliphatic heterocycles. The SMILES string of the molecule is CC(C)C(C)NC(=O)CSc1ccccc1. The Hall–Kier alpha value is -0.960. The molecule has 1 aromatic rings. The quantitative estimate of drug-likeness (QED) is 0.798. The van der Waals surface area contributed by atoms with Gasteiger partial charge >= 0.3 is 0 Å². The monoisotopic (exact) mass is 237 g/mol. The highest BCUT2D eigenvalue weighted by atomic mass is 32.2. The number of thioether (sulfide) groups is 1. The summed E-state index contributed by atoms with van der Waals surface area (Å²) in [5.41, 5.74) is 0. The highest BCUT2D eigenvalue weighted by Gasteiger charge is 2.10. The maximum atomic E-state index is 11.6. The second-order valence-electron chi connectivity index (χ2n) is 4.20. The third kappa shape index (κ3) is 4.71. The average Bonchev–Trinajstić information content (AvgIpc) is 2.27. The lowest BCUT2D eigenvalue weighted by Crippen LogP contribution is -2.37. The fourth-order valence-electron chi connectivity index (χ4n) is 1.13. The Morgan fingerprint density at radius 2 is 1.88 bits per heavy atom. The van der Waals surface area contributed by atoms with E-state index in [4.69, 9.17) is 0 Å². The minimum absolute atomic E-state index is 0.107. The van der Waals surface area contributed by atoms with Gasteiger partial charge in [-0.1, -0.05) is 32.0 Å². The molecule has 0 aromatic heterocycles. The lowest BCUT2D eigenvalue weighted by molar-refractivity contribution is -0.119. The van der Waals surface area contributed by atoms with Gasteiger partial charge in [-0.25, -0.2) is 0 Å². The Balaban J connectivity index is 2.31. The van der Waals surface area contributed by atoms with Gasteiger partial charge in [0, 0.05) is 10.9 Å². The van der Waals surface area contributed by atoms with Crippen molar-refractivity contribution in [1.82, 2.24) is 5.32 Å². The number of amides is 1. The Kier molecular flexibility index (Phi) is 5.39. The summed E-state index contributed by atoms with van der Waals surface area (Å²) in [6.45, 7) is 6.25. The van der Waals surface area contributed by atoms with Crippen molar-refractivity contribution in [3.05, 3.63) is 30.3 Å². The van der Waals surface area contributed by atoms with Gasteiger partial charge in [-0.2, -0.15) is 0 Å². The highest BCUT2D eigenvalue weighted by Crippen LogP contribution is 2.16. The van der Waals surface area contributed by atoms with E-state index in [0.29, 0.717) is 11.7 Å². The van der Waals surface area contributed by atoms with Crippen LogP contribution >= 0.6 is 11.8 Å². The Morgan fingerprint density at radius 3 is 2.44 bits per heavy atom. The van der Waals surface area contributed by atoms with E-state index in [-0.39, 0.29) is 11.9 Å². The van der Waals surface area contributed by atoms with E-state index in [1.54, 1.807) is 11.8 Å². The predicted octanol–water partition coefficient (Wildman–Crippen LogP) is 2.94. The molecule has 0 fully saturated rings. The minimum atomic E-state index is 0.107. The lowest BCUT2D eigenvalue weighted by Gasteiger charge is -2.17. The molecule has 0 spiro atoms. The first-order chi connectivity index (χ1) is 7.59. The Bertz CT molecular complexity index is 324. The van der Waals surface area contributed by atoms with Crippen LogP contribution in [0.3, 0.4) is 0 Å². The van der Waals surface area contributed by atoms with Crippen molar-refractivity contribution in [1.29, 1.82) is 0 Å². The van der Waals surface area contributed by atoms with Crippen LogP contribution in [0.5, 0.6) is 0 Å². The van der Waals surface area contributed by atoms with Crippen LogP contribution in [0.15, 0.2) is 35.2 Å².